The zero-order chi connectivity index (χ0) is 15.4. The lowest BCUT2D eigenvalue weighted by Gasteiger charge is -2.26. The molecule has 22 heavy (non-hydrogen) atoms. The molecule has 118 valence electrons. The van der Waals surface area contributed by atoms with E-state index in [0.717, 1.165) is 0 Å². The van der Waals surface area contributed by atoms with Crippen molar-refractivity contribution in [2.45, 2.75) is 78.1 Å². The molecule has 0 amide bonds. The van der Waals surface area contributed by atoms with Crippen LogP contribution in [0.4, 0.5) is 0 Å². The van der Waals surface area contributed by atoms with Gasteiger partial charge in [-0.15, -0.1) is 0 Å². The third-order valence-corrected chi connectivity index (χ3v) is 5.45. The largest absolute Gasteiger partial charge is 0.0661 e. The first kappa shape index (κ1) is 15.6. The topological polar surface area (TPSA) is 0 Å². The van der Waals surface area contributed by atoms with E-state index in [-0.39, 0.29) is 0 Å². The molecular weight excluding hydrogens is 264 g/mol. The first-order chi connectivity index (χ1) is 10.8. The summed E-state index contributed by atoms with van der Waals surface area (Å²) in [5.74, 6) is 0. The number of hydrogen-bond donors (Lipinski definition) is 0. The highest BCUT2D eigenvalue weighted by atomic mass is 14.3. The lowest BCUT2D eigenvalue weighted by molar-refractivity contribution is 0.725. The van der Waals surface area contributed by atoms with Gasteiger partial charge in [-0.25, -0.2) is 0 Å². The third kappa shape index (κ3) is 3.21. The summed E-state index contributed by atoms with van der Waals surface area (Å²) < 4.78 is 0. The van der Waals surface area contributed by atoms with Gasteiger partial charge in [-0.05, 0) is 73.6 Å². The van der Waals surface area contributed by atoms with Crippen LogP contribution in [0.5, 0.6) is 0 Å². The summed E-state index contributed by atoms with van der Waals surface area (Å²) in [6.45, 7) is 4.58. The molecule has 0 nitrogen and oxygen atoms in total. The number of benzene rings is 1. The van der Waals surface area contributed by atoms with Gasteiger partial charge in [0.15, 0.2) is 0 Å². The number of rotatable bonds is 8. The van der Waals surface area contributed by atoms with Crippen molar-refractivity contribution >= 4 is 11.1 Å². The van der Waals surface area contributed by atoms with E-state index in [4.69, 9.17) is 0 Å². The van der Waals surface area contributed by atoms with Gasteiger partial charge in [0.25, 0.3) is 0 Å². The number of allylic oxidation sites excluding steroid dienone is 4. The normalized spacial score (nSPS) is 17.5. The van der Waals surface area contributed by atoms with E-state index >= 15 is 0 Å². The van der Waals surface area contributed by atoms with Crippen LogP contribution >= 0.6 is 0 Å². The molecule has 0 saturated heterocycles. The third-order valence-electron chi connectivity index (χ3n) is 5.45. The van der Waals surface area contributed by atoms with Crippen LogP contribution in [-0.2, 0) is 0 Å². The van der Waals surface area contributed by atoms with Gasteiger partial charge in [0.2, 0.25) is 0 Å². The maximum atomic E-state index is 2.37. The molecule has 0 aromatic heterocycles. The fraction of sp³-hybridized carbons (Fsp3) is 0.545. The standard InChI is InChI=1S/C22H30/c1-3-5-7-17-13-15-21(17)19-9-11-20(12-10-19)22-16-14-18(22)8-6-4-2/h9-12H,3-8,13-16H2,1-2H3. The maximum Gasteiger partial charge on any atom is -0.0224 e. The molecule has 0 heteroatoms. The Labute approximate surface area is 136 Å². The van der Waals surface area contributed by atoms with Gasteiger partial charge in [-0.1, -0.05) is 62.1 Å². The molecule has 0 aliphatic heterocycles. The highest BCUT2D eigenvalue weighted by molar-refractivity contribution is 5.77. The van der Waals surface area contributed by atoms with E-state index in [2.05, 4.69) is 38.1 Å². The van der Waals surface area contributed by atoms with Crippen molar-refractivity contribution in [1.29, 1.82) is 0 Å². The van der Waals surface area contributed by atoms with Crippen molar-refractivity contribution in [2.24, 2.45) is 0 Å². The van der Waals surface area contributed by atoms with Gasteiger partial charge in [0.1, 0.15) is 0 Å². The van der Waals surface area contributed by atoms with Gasteiger partial charge in [-0.2, -0.15) is 0 Å². The molecule has 0 saturated carbocycles. The van der Waals surface area contributed by atoms with Crippen LogP contribution in [-0.4, -0.2) is 0 Å². The van der Waals surface area contributed by atoms with Crippen LogP contribution < -0.4 is 0 Å². The lowest BCUT2D eigenvalue weighted by Crippen LogP contribution is -2.05. The van der Waals surface area contributed by atoms with Crippen LogP contribution in [0.3, 0.4) is 0 Å². The van der Waals surface area contributed by atoms with Crippen molar-refractivity contribution < 1.29 is 0 Å². The van der Waals surface area contributed by atoms with Crippen LogP contribution in [0, 0.1) is 0 Å². The highest BCUT2D eigenvalue weighted by Gasteiger charge is 2.20. The Balaban J connectivity index is 1.71. The van der Waals surface area contributed by atoms with E-state index in [1.165, 1.54) is 75.3 Å². The van der Waals surface area contributed by atoms with E-state index in [9.17, 15) is 0 Å². The zero-order valence-corrected chi connectivity index (χ0v) is 14.4. The van der Waals surface area contributed by atoms with Crippen LogP contribution in [0.15, 0.2) is 35.4 Å². The molecule has 0 bridgehead atoms. The molecule has 3 rings (SSSR count). The Morgan fingerprint density at radius 1 is 0.636 bits per heavy atom. The summed E-state index contributed by atoms with van der Waals surface area (Å²) in [6, 6.07) is 9.49. The van der Waals surface area contributed by atoms with Gasteiger partial charge in [0, 0.05) is 0 Å². The molecule has 0 unspecified atom stereocenters. The minimum Gasteiger partial charge on any atom is -0.0661 e. The van der Waals surface area contributed by atoms with Crippen molar-refractivity contribution in [2.75, 3.05) is 0 Å². The second-order valence-electron chi connectivity index (χ2n) is 6.95. The summed E-state index contributed by atoms with van der Waals surface area (Å²) in [5, 5.41) is 0. The fourth-order valence-corrected chi connectivity index (χ4v) is 3.76. The van der Waals surface area contributed by atoms with Gasteiger partial charge in [0.05, 0.1) is 0 Å². The molecule has 2 aliphatic rings. The zero-order valence-electron chi connectivity index (χ0n) is 14.4. The first-order valence-corrected chi connectivity index (χ1v) is 9.36. The summed E-state index contributed by atoms with van der Waals surface area (Å²) in [4.78, 5) is 0. The van der Waals surface area contributed by atoms with E-state index in [1.807, 2.05) is 0 Å². The van der Waals surface area contributed by atoms with Gasteiger partial charge in [-0.3, -0.25) is 0 Å². The maximum absolute atomic E-state index is 2.37. The number of unbranched alkanes of at least 4 members (excludes halogenated alkanes) is 2. The smallest absolute Gasteiger partial charge is 0.0224 e. The molecule has 1 aromatic carbocycles. The van der Waals surface area contributed by atoms with Crippen LogP contribution in [0.2, 0.25) is 0 Å². The van der Waals surface area contributed by atoms with Crippen molar-refractivity contribution in [1.82, 2.24) is 0 Å². The summed E-state index contributed by atoms with van der Waals surface area (Å²) in [7, 11) is 0. The van der Waals surface area contributed by atoms with E-state index in [1.54, 1.807) is 22.3 Å². The SMILES string of the molecule is CCCCC1=C(c2ccc(C3=C(CCCC)CC3)cc2)CC1. The molecule has 0 heterocycles. The predicted molar refractivity (Wildman–Crippen MR) is 97.8 cm³/mol. The molecule has 0 atom stereocenters. The molecule has 0 radical (unpaired) electrons. The quantitative estimate of drug-likeness (QED) is 0.477. The highest BCUT2D eigenvalue weighted by Crippen LogP contribution is 2.41. The van der Waals surface area contributed by atoms with Crippen molar-refractivity contribution in [3.63, 3.8) is 0 Å². The van der Waals surface area contributed by atoms with E-state index in [0.29, 0.717) is 0 Å². The van der Waals surface area contributed by atoms with Crippen molar-refractivity contribution in [3.8, 4) is 0 Å². The molecule has 0 fully saturated rings. The Bertz CT molecular complexity index is 516. The molecule has 1 aromatic rings. The van der Waals surface area contributed by atoms with Crippen LogP contribution in [0.25, 0.3) is 11.1 Å². The van der Waals surface area contributed by atoms with Gasteiger partial charge < -0.3 is 0 Å². The Morgan fingerprint density at radius 3 is 1.32 bits per heavy atom. The molecule has 0 N–H and O–H groups in total. The van der Waals surface area contributed by atoms with E-state index < -0.39 is 0 Å². The molecule has 0 spiro atoms. The van der Waals surface area contributed by atoms with Gasteiger partial charge >= 0.3 is 0 Å². The monoisotopic (exact) mass is 294 g/mol. The second kappa shape index (κ2) is 7.31. The number of hydrogen-bond acceptors (Lipinski definition) is 0. The first-order valence-electron chi connectivity index (χ1n) is 9.36. The van der Waals surface area contributed by atoms with Crippen molar-refractivity contribution in [3.05, 3.63) is 46.5 Å². The molecule has 2 aliphatic carbocycles. The second-order valence-corrected chi connectivity index (χ2v) is 6.95. The average Bonchev–Trinajstić information content (AvgIpc) is 2.48. The van der Waals surface area contributed by atoms with Crippen LogP contribution in [0.1, 0.15) is 89.2 Å². The lowest BCUT2D eigenvalue weighted by atomic mass is 9.79. The summed E-state index contributed by atoms with van der Waals surface area (Å²) in [5.41, 5.74) is 9.71. The Morgan fingerprint density at radius 2 is 1.05 bits per heavy atom. The summed E-state index contributed by atoms with van der Waals surface area (Å²) in [6.07, 6.45) is 13.2. The predicted octanol–water partition coefficient (Wildman–Crippen LogP) is 7.16. The summed E-state index contributed by atoms with van der Waals surface area (Å²) >= 11 is 0. The minimum absolute atomic E-state index is 1.29. The fourth-order valence-electron chi connectivity index (χ4n) is 3.76. The average molecular weight is 294 g/mol. The molecular formula is C22H30. The Kier molecular flexibility index (Phi) is 5.18. The Hall–Kier alpha value is -1.30. The minimum atomic E-state index is 1.29.